The lowest BCUT2D eigenvalue weighted by atomic mass is 9.91. The van der Waals surface area contributed by atoms with E-state index >= 15 is 0 Å². The predicted molar refractivity (Wildman–Crippen MR) is 134 cm³/mol. The summed E-state index contributed by atoms with van der Waals surface area (Å²) < 4.78 is 1.97. The van der Waals surface area contributed by atoms with Crippen molar-refractivity contribution in [3.63, 3.8) is 0 Å². The highest BCUT2D eigenvalue weighted by Gasteiger charge is 2.29. The minimum absolute atomic E-state index is 0.798. The van der Waals surface area contributed by atoms with E-state index in [2.05, 4.69) is 72.8 Å². The lowest BCUT2D eigenvalue weighted by molar-refractivity contribution is 0.152. The van der Waals surface area contributed by atoms with Crippen LogP contribution in [0, 0.1) is 0 Å². The highest BCUT2D eigenvalue weighted by molar-refractivity contribution is 6.03. The molecule has 6 aromatic rings. The monoisotopic (exact) mass is 424 g/mol. The summed E-state index contributed by atoms with van der Waals surface area (Å²) in [7, 11) is 0. The number of hydrogen-bond acceptors (Lipinski definition) is 2. The quantitative estimate of drug-likeness (QED) is 0.324. The molecule has 1 atom stereocenters. The molecule has 0 spiro atoms. The number of aliphatic hydroxyl groups excluding tert-OH is 1. The van der Waals surface area contributed by atoms with Crippen molar-refractivity contribution in [2.24, 2.45) is 0 Å². The van der Waals surface area contributed by atoms with E-state index in [9.17, 15) is 5.11 Å². The van der Waals surface area contributed by atoms with Crippen LogP contribution in [-0.4, -0.2) is 14.7 Å². The first-order chi connectivity index (χ1) is 16.3. The highest BCUT2D eigenvalue weighted by Crippen LogP contribution is 2.44. The van der Waals surface area contributed by atoms with Crippen LogP contribution >= 0.6 is 0 Å². The molecule has 33 heavy (non-hydrogen) atoms. The van der Waals surface area contributed by atoms with Gasteiger partial charge in [0.2, 0.25) is 0 Å². The fourth-order valence-electron chi connectivity index (χ4n) is 5.13. The maximum atomic E-state index is 11.6. The van der Waals surface area contributed by atoms with Crippen LogP contribution in [0.3, 0.4) is 0 Å². The molecule has 0 saturated carbocycles. The summed E-state index contributed by atoms with van der Waals surface area (Å²) in [6.45, 7) is 0. The van der Waals surface area contributed by atoms with Crippen molar-refractivity contribution in [3.05, 3.63) is 115 Å². The Kier molecular flexibility index (Phi) is 3.84. The molecule has 3 nitrogen and oxygen atoms in total. The maximum Gasteiger partial charge on any atom is 0.159 e. The van der Waals surface area contributed by atoms with E-state index in [-0.39, 0.29) is 0 Å². The van der Waals surface area contributed by atoms with Crippen LogP contribution in [0.1, 0.15) is 11.8 Å². The normalized spacial score (nSPS) is 14.5. The van der Waals surface area contributed by atoms with Gasteiger partial charge in [-0.15, -0.1) is 0 Å². The zero-order valence-electron chi connectivity index (χ0n) is 17.8. The molecular weight excluding hydrogens is 404 g/mol. The fraction of sp³-hybridized carbons (Fsp3) is 0.0333. The van der Waals surface area contributed by atoms with Crippen molar-refractivity contribution in [1.82, 2.24) is 9.55 Å². The molecule has 7 rings (SSSR count). The van der Waals surface area contributed by atoms with Crippen LogP contribution in [0.4, 0.5) is 0 Å². The van der Waals surface area contributed by atoms with Crippen LogP contribution in [0.25, 0.3) is 55.4 Å². The maximum absolute atomic E-state index is 11.6. The molecule has 1 aromatic heterocycles. The Morgan fingerprint density at radius 3 is 2.12 bits per heavy atom. The number of aromatic nitrogens is 2. The Balaban J connectivity index is 1.48. The Labute approximate surface area is 191 Å². The highest BCUT2D eigenvalue weighted by atomic mass is 16.3. The SMILES string of the molecule is OC1c2cc(-c3ccccc3)cc3cccc(c23)-c2nc3cc(-c4ccccc4)ccc3n21. The van der Waals surface area contributed by atoms with E-state index in [1.807, 2.05) is 41.0 Å². The van der Waals surface area contributed by atoms with Gasteiger partial charge in [-0.2, -0.15) is 0 Å². The van der Waals surface area contributed by atoms with Crippen LogP contribution < -0.4 is 0 Å². The minimum atomic E-state index is -0.798. The van der Waals surface area contributed by atoms with Crippen molar-refractivity contribution in [3.8, 4) is 33.6 Å². The van der Waals surface area contributed by atoms with Crippen molar-refractivity contribution >= 4 is 21.8 Å². The first-order valence-corrected chi connectivity index (χ1v) is 11.2. The molecule has 0 aliphatic carbocycles. The first kappa shape index (κ1) is 18.4. The van der Waals surface area contributed by atoms with Crippen molar-refractivity contribution in [2.45, 2.75) is 6.23 Å². The summed E-state index contributed by atoms with van der Waals surface area (Å²) in [6, 6.07) is 37.6. The van der Waals surface area contributed by atoms with Crippen LogP contribution in [0.5, 0.6) is 0 Å². The Bertz CT molecular complexity index is 1670. The third kappa shape index (κ3) is 2.70. The van der Waals surface area contributed by atoms with Crippen LogP contribution in [-0.2, 0) is 0 Å². The van der Waals surface area contributed by atoms with Gasteiger partial charge in [-0.1, -0.05) is 84.9 Å². The zero-order valence-corrected chi connectivity index (χ0v) is 17.8. The molecule has 0 radical (unpaired) electrons. The number of nitrogens with zero attached hydrogens (tertiary/aromatic N) is 2. The van der Waals surface area contributed by atoms with Gasteiger partial charge in [-0.05, 0) is 51.9 Å². The third-order valence-corrected chi connectivity index (χ3v) is 6.67. The summed E-state index contributed by atoms with van der Waals surface area (Å²) in [4.78, 5) is 5.00. The van der Waals surface area contributed by atoms with Crippen molar-refractivity contribution in [2.75, 3.05) is 0 Å². The van der Waals surface area contributed by atoms with E-state index in [0.717, 1.165) is 61.0 Å². The van der Waals surface area contributed by atoms with E-state index in [1.54, 1.807) is 0 Å². The van der Waals surface area contributed by atoms with Gasteiger partial charge < -0.3 is 5.11 Å². The van der Waals surface area contributed by atoms with Gasteiger partial charge >= 0.3 is 0 Å². The van der Waals surface area contributed by atoms with Gasteiger partial charge in [0.15, 0.2) is 6.23 Å². The van der Waals surface area contributed by atoms with Gasteiger partial charge in [-0.3, -0.25) is 4.57 Å². The van der Waals surface area contributed by atoms with E-state index in [1.165, 1.54) is 0 Å². The second kappa shape index (κ2) is 6.89. The Morgan fingerprint density at radius 1 is 0.636 bits per heavy atom. The molecule has 1 aliphatic heterocycles. The van der Waals surface area contributed by atoms with Crippen molar-refractivity contribution in [1.29, 1.82) is 0 Å². The standard InChI is InChI=1S/C30H20N2O/c33-30-25-17-23(20-10-5-2-6-11-20)16-22-12-7-13-24(28(22)25)29-31-26-18-21(14-15-27(26)32(29)30)19-8-3-1-4-9-19/h1-18,30,33H. The molecule has 0 amide bonds. The molecule has 5 aromatic carbocycles. The summed E-state index contributed by atoms with van der Waals surface area (Å²) in [6.07, 6.45) is -0.798. The number of aliphatic hydroxyl groups is 1. The largest absolute Gasteiger partial charge is 0.369 e. The van der Waals surface area contributed by atoms with Gasteiger partial charge in [0, 0.05) is 16.5 Å². The zero-order chi connectivity index (χ0) is 21.9. The van der Waals surface area contributed by atoms with Crippen LogP contribution in [0.2, 0.25) is 0 Å². The molecule has 156 valence electrons. The Morgan fingerprint density at radius 2 is 1.36 bits per heavy atom. The number of hydrogen-bond donors (Lipinski definition) is 1. The Hall–Kier alpha value is -4.21. The second-order valence-corrected chi connectivity index (χ2v) is 8.58. The first-order valence-electron chi connectivity index (χ1n) is 11.2. The molecule has 1 aliphatic rings. The minimum Gasteiger partial charge on any atom is -0.369 e. The topological polar surface area (TPSA) is 38.1 Å². The molecular formula is C30H20N2O. The number of imidazole rings is 1. The summed E-state index contributed by atoms with van der Waals surface area (Å²) in [5.74, 6) is 0.813. The van der Waals surface area contributed by atoms with Crippen molar-refractivity contribution < 1.29 is 5.11 Å². The third-order valence-electron chi connectivity index (χ3n) is 6.67. The van der Waals surface area contributed by atoms with Gasteiger partial charge in [0.1, 0.15) is 5.82 Å². The second-order valence-electron chi connectivity index (χ2n) is 8.58. The van der Waals surface area contributed by atoms with E-state index in [0.29, 0.717) is 0 Å². The predicted octanol–water partition coefficient (Wildman–Crippen LogP) is 7.04. The molecule has 3 heteroatoms. The molecule has 0 saturated heterocycles. The smallest absolute Gasteiger partial charge is 0.159 e. The molecule has 0 bridgehead atoms. The molecule has 0 fully saturated rings. The number of rotatable bonds is 2. The fourth-order valence-corrected chi connectivity index (χ4v) is 5.13. The number of fused-ring (bicyclic) bond motifs is 4. The average Bonchev–Trinajstić information content (AvgIpc) is 3.27. The van der Waals surface area contributed by atoms with Gasteiger partial charge in [0.05, 0.1) is 11.0 Å². The van der Waals surface area contributed by atoms with Gasteiger partial charge in [0.25, 0.3) is 0 Å². The van der Waals surface area contributed by atoms with E-state index < -0.39 is 6.23 Å². The van der Waals surface area contributed by atoms with E-state index in [4.69, 9.17) is 4.98 Å². The molecule has 1 unspecified atom stereocenters. The summed E-state index contributed by atoms with van der Waals surface area (Å²) in [5.41, 5.74) is 8.32. The summed E-state index contributed by atoms with van der Waals surface area (Å²) in [5, 5.41) is 13.8. The number of benzene rings is 5. The van der Waals surface area contributed by atoms with Gasteiger partial charge in [-0.25, -0.2) is 4.98 Å². The average molecular weight is 425 g/mol. The van der Waals surface area contributed by atoms with Crippen LogP contribution in [0.15, 0.2) is 109 Å². The molecule has 1 N–H and O–H groups in total. The summed E-state index contributed by atoms with van der Waals surface area (Å²) >= 11 is 0. The lowest BCUT2D eigenvalue weighted by Crippen LogP contribution is -2.16. The lowest BCUT2D eigenvalue weighted by Gasteiger charge is -2.26. The molecule has 2 heterocycles.